The highest BCUT2D eigenvalue weighted by Gasteiger charge is 2.19. The molecule has 4 heterocycles. The van der Waals surface area contributed by atoms with Crippen molar-refractivity contribution in [3.05, 3.63) is 158 Å². The average Bonchev–Trinajstić information content (AvgIpc) is 3.73. The molecule has 0 aliphatic heterocycles. The molecule has 4 heteroatoms. The molecule has 0 unspecified atom stereocenters. The Balaban J connectivity index is 1.30. The van der Waals surface area contributed by atoms with Crippen LogP contribution in [-0.2, 0) is 0 Å². The lowest BCUT2D eigenvalue weighted by molar-refractivity contribution is 1.13. The average molecular weight is 575 g/mol. The third-order valence-corrected chi connectivity index (χ3v) is 9.30. The van der Waals surface area contributed by atoms with Crippen molar-refractivity contribution in [2.75, 3.05) is 0 Å². The molecule has 0 atom stereocenters. The zero-order valence-electron chi connectivity index (χ0n) is 24.3. The van der Waals surface area contributed by atoms with Crippen molar-refractivity contribution >= 4 is 65.4 Å². The van der Waals surface area contributed by atoms with Crippen molar-refractivity contribution in [1.29, 1.82) is 0 Å². The molecule has 0 bridgehead atoms. The monoisotopic (exact) mass is 574 g/mol. The second kappa shape index (κ2) is 9.18. The maximum Gasteiger partial charge on any atom is 0.0724 e. The van der Waals surface area contributed by atoms with Gasteiger partial charge in [0.2, 0.25) is 0 Å². The second-order valence-electron chi connectivity index (χ2n) is 11.7. The van der Waals surface area contributed by atoms with Gasteiger partial charge in [-0.3, -0.25) is 4.98 Å². The largest absolute Gasteiger partial charge is 0.309 e. The number of benzene rings is 6. The van der Waals surface area contributed by atoms with E-state index in [4.69, 9.17) is 0 Å². The van der Waals surface area contributed by atoms with Crippen LogP contribution in [0.15, 0.2) is 158 Å². The Morgan fingerprint density at radius 3 is 1.40 bits per heavy atom. The number of pyridine rings is 1. The van der Waals surface area contributed by atoms with Gasteiger partial charge in [-0.25, -0.2) is 0 Å². The summed E-state index contributed by atoms with van der Waals surface area (Å²) in [5, 5.41) is 7.46. The first-order chi connectivity index (χ1) is 22.3. The smallest absolute Gasteiger partial charge is 0.0724 e. The van der Waals surface area contributed by atoms with Crippen LogP contribution in [0.3, 0.4) is 0 Å². The zero-order valence-corrected chi connectivity index (χ0v) is 24.3. The van der Waals surface area contributed by atoms with Gasteiger partial charge in [0.1, 0.15) is 0 Å². The highest BCUT2D eigenvalue weighted by Crippen LogP contribution is 2.40. The van der Waals surface area contributed by atoms with Gasteiger partial charge in [-0.1, -0.05) is 78.9 Å². The standard InChI is InChI=1S/C41H26N4/c1-2-11-27(12-3-1)43-37-19-8-5-16-31(37)34-24-35-32-17-6-9-20-38(32)44(40(35)25-39(34)43)28-13-10-14-29(23-28)45-36-18-7-4-15-30(36)33-21-22-42-26-41(33)45/h1-26H. The van der Waals surface area contributed by atoms with Crippen molar-refractivity contribution in [1.82, 2.24) is 18.7 Å². The fourth-order valence-electron chi connectivity index (χ4n) is 7.43. The highest BCUT2D eigenvalue weighted by atomic mass is 15.0. The Morgan fingerprint density at radius 2 is 0.778 bits per heavy atom. The van der Waals surface area contributed by atoms with E-state index in [9.17, 15) is 0 Å². The number of para-hydroxylation sites is 4. The lowest BCUT2D eigenvalue weighted by Crippen LogP contribution is -1.99. The van der Waals surface area contributed by atoms with E-state index in [0.717, 1.165) is 22.6 Å². The molecule has 4 aromatic heterocycles. The first kappa shape index (κ1) is 24.3. The predicted molar refractivity (Wildman–Crippen MR) is 187 cm³/mol. The molecular weight excluding hydrogens is 548 g/mol. The summed E-state index contributed by atoms with van der Waals surface area (Å²) in [6, 6.07) is 52.6. The molecular formula is C41H26N4. The van der Waals surface area contributed by atoms with E-state index in [1.165, 1.54) is 59.9 Å². The lowest BCUT2D eigenvalue weighted by Gasteiger charge is -2.13. The maximum absolute atomic E-state index is 4.50. The Morgan fingerprint density at radius 1 is 0.311 bits per heavy atom. The Kier molecular flexibility index (Phi) is 4.96. The fraction of sp³-hybridized carbons (Fsp3) is 0. The summed E-state index contributed by atoms with van der Waals surface area (Å²) >= 11 is 0. The third kappa shape index (κ3) is 3.39. The topological polar surface area (TPSA) is 27.7 Å². The molecule has 0 saturated carbocycles. The molecule has 10 rings (SSSR count). The van der Waals surface area contributed by atoms with Gasteiger partial charge in [0.15, 0.2) is 0 Å². The molecule has 0 spiro atoms. The number of hydrogen-bond acceptors (Lipinski definition) is 1. The Labute approximate surface area is 258 Å². The molecule has 0 radical (unpaired) electrons. The van der Waals surface area contributed by atoms with Crippen LogP contribution in [0.4, 0.5) is 0 Å². The van der Waals surface area contributed by atoms with Crippen LogP contribution in [0.2, 0.25) is 0 Å². The summed E-state index contributed by atoms with van der Waals surface area (Å²) < 4.78 is 7.15. The van der Waals surface area contributed by atoms with Gasteiger partial charge in [0.05, 0.1) is 39.3 Å². The minimum atomic E-state index is 1.10. The predicted octanol–water partition coefficient (Wildman–Crippen LogP) is 10.4. The number of aromatic nitrogens is 4. The first-order valence-electron chi connectivity index (χ1n) is 15.3. The van der Waals surface area contributed by atoms with Crippen molar-refractivity contribution in [3.63, 3.8) is 0 Å². The van der Waals surface area contributed by atoms with Crippen LogP contribution in [-0.4, -0.2) is 18.7 Å². The summed E-state index contributed by atoms with van der Waals surface area (Å²) in [4.78, 5) is 4.50. The van der Waals surface area contributed by atoms with E-state index in [-0.39, 0.29) is 0 Å². The second-order valence-corrected chi connectivity index (χ2v) is 11.7. The molecule has 0 aliphatic rings. The van der Waals surface area contributed by atoms with Gasteiger partial charge < -0.3 is 13.7 Å². The summed E-state index contributed by atoms with van der Waals surface area (Å²) in [6.45, 7) is 0. The number of hydrogen-bond donors (Lipinski definition) is 0. The van der Waals surface area contributed by atoms with Gasteiger partial charge in [0.25, 0.3) is 0 Å². The summed E-state index contributed by atoms with van der Waals surface area (Å²) in [6.07, 6.45) is 3.85. The van der Waals surface area contributed by atoms with E-state index in [1.807, 2.05) is 12.4 Å². The Hall–Kier alpha value is -6.13. The number of fused-ring (bicyclic) bond motifs is 9. The number of nitrogens with zero attached hydrogens (tertiary/aromatic N) is 4. The van der Waals surface area contributed by atoms with Crippen LogP contribution in [0.25, 0.3) is 82.5 Å². The number of rotatable bonds is 3. The SMILES string of the molecule is c1ccc(-n2c3ccccc3c3cc4c5ccccc5n(-c5cccc(-n6c7ccccc7c7ccncc76)c5)c4cc32)cc1. The normalized spacial score (nSPS) is 12.0. The van der Waals surface area contributed by atoms with Gasteiger partial charge >= 0.3 is 0 Å². The molecule has 0 N–H and O–H groups in total. The molecule has 0 aliphatic carbocycles. The highest BCUT2D eigenvalue weighted by molar-refractivity contribution is 6.19. The minimum absolute atomic E-state index is 1.10. The molecule has 4 nitrogen and oxygen atoms in total. The summed E-state index contributed by atoms with van der Waals surface area (Å²) in [5.41, 5.74) is 10.5. The van der Waals surface area contributed by atoms with Crippen LogP contribution >= 0.6 is 0 Å². The summed E-state index contributed by atoms with van der Waals surface area (Å²) in [7, 11) is 0. The molecule has 0 saturated heterocycles. The van der Waals surface area contributed by atoms with Crippen LogP contribution < -0.4 is 0 Å². The molecule has 45 heavy (non-hydrogen) atoms. The minimum Gasteiger partial charge on any atom is -0.309 e. The molecule has 0 fully saturated rings. The zero-order chi connectivity index (χ0) is 29.5. The molecule has 0 amide bonds. The third-order valence-electron chi connectivity index (χ3n) is 9.30. The van der Waals surface area contributed by atoms with Crippen molar-refractivity contribution in [2.45, 2.75) is 0 Å². The Bertz CT molecular complexity index is 2710. The van der Waals surface area contributed by atoms with Crippen LogP contribution in [0.1, 0.15) is 0 Å². The molecule has 10 aromatic rings. The quantitative estimate of drug-likeness (QED) is 0.206. The van der Waals surface area contributed by atoms with E-state index in [1.54, 1.807) is 0 Å². The first-order valence-corrected chi connectivity index (χ1v) is 15.3. The van der Waals surface area contributed by atoms with Crippen LogP contribution in [0, 0.1) is 0 Å². The van der Waals surface area contributed by atoms with Gasteiger partial charge in [-0.15, -0.1) is 0 Å². The maximum atomic E-state index is 4.50. The van der Waals surface area contributed by atoms with E-state index in [0.29, 0.717) is 0 Å². The van der Waals surface area contributed by atoms with Crippen molar-refractivity contribution < 1.29 is 0 Å². The van der Waals surface area contributed by atoms with Crippen LogP contribution in [0.5, 0.6) is 0 Å². The molecule has 210 valence electrons. The van der Waals surface area contributed by atoms with Gasteiger partial charge in [-0.05, 0) is 66.7 Å². The van der Waals surface area contributed by atoms with Crippen molar-refractivity contribution in [2.24, 2.45) is 0 Å². The molecule has 6 aromatic carbocycles. The van der Waals surface area contributed by atoms with Gasteiger partial charge in [0, 0.05) is 55.6 Å². The summed E-state index contributed by atoms with van der Waals surface area (Å²) in [5.74, 6) is 0. The lowest BCUT2D eigenvalue weighted by atomic mass is 10.1. The fourth-order valence-corrected chi connectivity index (χ4v) is 7.43. The van der Waals surface area contributed by atoms with Crippen molar-refractivity contribution in [3.8, 4) is 17.1 Å². The van der Waals surface area contributed by atoms with E-state index < -0.39 is 0 Å². The van der Waals surface area contributed by atoms with Gasteiger partial charge in [-0.2, -0.15) is 0 Å². The van der Waals surface area contributed by atoms with E-state index >= 15 is 0 Å². The van der Waals surface area contributed by atoms with E-state index in [2.05, 4.69) is 164 Å².